The molecule has 0 radical (unpaired) electrons. The summed E-state index contributed by atoms with van der Waals surface area (Å²) in [5.74, 6) is -0.442. The Balaban J connectivity index is 0.000000552. The molecule has 2 aromatic rings. The second-order valence-corrected chi connectivity index (χ2v) is 6.60. The zero-order valence-electron chi connectivity index (χ0n) is 13.4. The summed E-state index contributed by atoms with van der Waals surface area (Å²) in [6, 6.07) is 5.31. The van der Waals surface area contributed by atoms with Crippen molar-refractivity contribution in [1.29, 1.82) is 0 Å². The number of hydrogen-bond acceptors (Lipinski definition) is 5. The highest BCUT2D eigenvalue weighted by Crippen LogP contribution is 2.41. The van der Waals surface area contributed by atoms with Crippen molar-refractivity contribution in [3.8, 4) is 0 Å². The average molecular weight is 425 g/mol. The van der Waals surface area contributed by atoms with E-state index in [0.29, 0.717) is 29.1 Å². The zero-order valence-corrected chi connectivity index (χ0v) is 15.7. The Hall–Kier alpha value is -1.58. The maximum absolute atomic E-state index is 8.36. The molecule has 2 atom stereocenters. The number of benzene rings is 1. The summed E-state index contributed by atoms with van der Waals surface area (Å²) < 4.78 is 14.1. The van der Waals surface area contributed by atoms with Crippen LogP contribution in [0.1, 0.15) is 12.0 Å². The summed E-state index contributed by atoms with van der Waals surface area (Å²) in [6.45, 7) is 0.924. The smallest absolute Gasteiger partial charge is 0.291 e. The fourth-order valence-electron chi connectivity index (χ4n) is 2.56. The van der Waals surface area contributed by atoms with Crippen molar-refractivity contribution in [2.45, 2.75) is 24.9 Å². The first-order chi connectivity index (χ1) is 12.4. The number of imidazole rings is 1. The highest BCUT2D eigenvalue weighted by molar-refractivity contribution is 6.35. The molecule has 1 fully saturated rings. The SMILES string of the molecule is ClCCC1COC(Cn2ccnc2)(c2ccc(Cl)cc2Cl)O1.O=[N+]([O-])O. The molecule has 11 heteroatoms. The molecule has 0 bridgehead atoms. The lowest BCUT2D eigenvalue weighted by atomic mass is 10.1. The third-order valence-corrected chi connectivity index (χ3v) is 4.35. The molecular formula is C15H16Cl3N3O5. The summed E-state index contributed by atoms with van der Waals surface area (Å²) in [5, 5.41) is 14.7. The number of hydrogen-bond donors (Lipinski definition) is 1. The highest BCUT2D eigenvalue weighted by atomic mass is 35.5. The van der Waals surface area contributed by atoms with Crippen molar-refractivity contribution >= 4 is 34.8 Å². The predicted octanol–water partition coefficient (Wildman–Crippen LogP) is 3.74. The van der Waals surface area contributed by atoms with E-state index < -0.39 is 10.9 Å². The van der Waals surface area contributed by atoms with Crippen molar-refractivity contribution in [3.63, 3.8) is 0 Å². The molecule has 26 heavy (non-hydrogen) atoms. The van der Waals surface area contributed by atoms with Crippen LogP contribution in [0.25, 0.3) is 0 Å². The summed E-state index contributed by atoms with van der Waals surface area (Å²) in [5.41, 5.74) is 0.754. The second-order valence-electron chi connectivity index (χ2n) is 5.38. The summed E-state index contributed by atoms with van der Waals surface area (Å²) in [7, 11) is 0. The number of ether oxygens (including phenoxy) is 2. The van der Waals surface area contributed by atoms with Gasteiger partial charge in [-0.2, -0.15) is 0 Å². The van der Waals surface area contributed by atoms with E-state index in [2.05, 4.69) is 4.98 Å². The quantitative estimate of drug-likeness (QED) is 0.446. The molecule has 1 aliphatic rings. The van der Waals surface area contributed by atoms with Crippen molar-refractivity contribution in [3.05, 3.63) is 62.6 Å². The first-order valence-corrected chi connectivity index (χ1v) is 8.77. The van der Waals surface area contributed by atoms with Gasteiger partial charge in [0.25, 0.3) is 5.09 Å². The van der Waals surface area contributed by atoms with Crippen LogP contribution in [0.4, 0.5) is 0 Å². The van der Waals surface area contributed by atoms with Crippen LogP contribution >= 0.6 is 34.8 Å². The molecule has 2 unspecified atom stereocenters. The molecule has 3 rings (SSSR count). The highest BCUT2D eigenvalue weighted by Gasteiger charge is 2.44. The van der Waals surface area contributed by atoms with Gasteiger partial charge in [0, 0.05) is 28.9 Å². The van der Waals surface area contributed by atoms with Crippen LogP contribution in [-0.4, -0.2) is 38.4 Å². The lowest BCUT2D eigenvalue weighted by Crippen LogP contribution is -2.33. The van der Waals surface area contributed by atoms with E-state index in [4.69, 9.17) is 59.6 Å². The Morgan fingerprint density at radius 3 is 2.77 bits per heavy atom. The van der Waals surface area contributed by atoms with E-state index in [0.717, 1.165) is 12.0 Å². The van der Waals surface area contributed by atoms with Crippen LogP contribution in [0.5, 0.6) is 0 Å². The van der Waals surface area contributed by atoms with Gasteiger partial charge in [0.15, 0.2) is 0 Å². The number of rotatable bonds is 5. The van der Waals surface area contributed by atoms with Crippen LogP contribution in [0.2, 0.25) is 10.0 Å². The molecular weight excluding hydrogens is 409 g/mol. The molecule has 1 saturated heterocycles. The van der Waals surface area contributed by atoms with Crippen LogP contribution in [0.3, 0.4) is 0 Å². The Morgan fingerprint density at radius 2 is 2.19 bits per heavy atom. The molecule has 0 amide bonds. The lowest BCUT2D eigenvalue weighted by molar-refractivity contribution is -0.742. The Morgan fingerprint density at radius 1 is 1.46 bits per heavy atom. The normalized spacial score (nSPS) is 21.9. The molecule has 1 aliphatic heterocycles. The van der Waals surface area contributed by atoms with Crippen LogP contribution < -0.4 is 0 Å². The van der Waals surface area contributed by atoms with Gasteiger partial charge in [0.05, 0.1) is 30.6 Å². The molecule has 0 aliphatic carbocycles. The fourth-order valence-corrected chi connectivity index (χ4v) is 3.35. The maximum Gasteiger partial charge on any atom is 0.291 e. The van der Waals surface area contributed by atoms with Crippen molar-refractivity contribution in [1.82, 2.24) is 9.55 Å². The van der Waals surface area contributed by atoms with Gasteiger partial charge in [-0.1, -0.05) is 29.3 Å². The standard InChI is InChI=1S/C15H15Cl3N2O2.HNO3/c16-4-3-12-8-21-15(22-12,9-20-6-5-19-10-20)13-2-1-11(17)7-14(13)18;2-1(3)4/h1-2,5-7,10,12H,3-4,8-9H2;(H,2,3,4). The van der Waals surface area contributed by atoms with Crippen LogP contribution in [0, 0.1) is 10.1 Å². The molecule has 1 aromatic heterocycles. The van der Waals surface area contributed by atoms with Gasteiger partial charge < -0.3 is 19.2 Å². The summed E-state index contributed by atoms with van der Waals surface area (Å²) in [4.78, 5) is 12.4. The van der Waals surface area contributed by atoms with Gasteiger partial charge in [-0.15, -0.1) is 21.7 Å². The minimum Gasteiger partial charge on any atom is -0.342 e. The van der Waals surface area contributed by atoms with E-state index in [1.807, 2.05) is 16.8 Å². The topological polar surface area (TPSA) is 99.7 Å². The molecule has 1 N–H and O–H groups in total. The van der Waals surface area contributed by atoms with E-state index >= 15 is 0 Å². The van der Waals surface area contributed by atoms with Gasteiger partial charge >= 0.3 is 0 Å². The zero-order chi connectivity index (χ0) is 19.2. The maximum atomic E-state index is 8.36. The average Bonchev–Trinajstić information content (AvgIpc) is 3.18. The Kier molecular flexibility index (Phi) is 7.48. The first-order valence-electron chi connectivity index (χ1n) is 7.48. The van der Waals surface area contributed by atoms with Crippen LogP contribution in [0.15, 0.2) is 36.9 Å². The minimum absolute atomic E-state index is 0.0623. The molecule has 1 aromatic carbocycles. The van der Waals surface area contributed by atoms with Gasteiger partial charge in [-0.25, -0.2) is 4.98 Å². The molecule has 0 saturated carbocycles. The number of nitrogens with zero attached hydrogens (tertiary/aromatic N) is 3. The fraction of sp³-hybridized carbons (Fsp3) is 0.400. The molecule has 0 spiro atoms. The monoisotopic (exact) mass is 423 g/mol. The molecule has 8 nitrogen and oxygen atoms in total. The van der Waals surface area contributed by atoms with E-state index in [9.17, 15) is 0 Å². The van der Waals surface area contributed by atoms with Crippen molar-refractivity contribution < 1.29 is 19.8 Å². The van der Waals surface area contributed by atoms with E-state index in [1.165, 1.54) is 0 Å². The molecule has 142 valence electrons. The minimum atomic E-state index is -1.50. The molecule has 2 heterocycles. The number of aromatic nitrogens is 2. The van der Waals surface area contributed by atoms with E-state index in [1.54, 1.807) is 24.7 Å². The Labute approximate surface area is 164 Å². The Bertz CT molecular complexity index is 727. The first kappa shape index (κ1) is 20.7. The van der Waals surface area contributed by atoms with Gasteiger partial charge in [0.2, 0.25) is 5.79 Å². The van der Waals surface area contributed by atoms with Crippen LogP contribution in [-0.2, 0) is 21.8 Å². The van der Waals surface area contributed by atoms with E-state index in [-0.39, 0.29) is 6.10 Å². The summed E-state index contributed by atoms with van der Waals surface area (Å²) >= 11 is 18.2. The lowest BCUT2D eigenvalue weighted by Gasteiger charge is -2.30. The van der Waals surface area contributed by atoms with Gasteiger partial charge in [-0.05, 0) is 18.6 Å². The van der Waals surface area contributed by atoms with Crippen molar-refractivity contribution in [2.24, 2.45) is 0 Å². The van der Waals surface area contributed by atoms with Crippen molar-refractivity contribution in [2.75, 3.05) is 12.5 Å². The number of alkyl halides is 1. The largest absolute Gasteiger partial charge is 0.342 e. The van der Waals surface area contributed by atoms with Gasteiger partial charge in [-0.3, -0.25) is 0 Å². The third-order valence-electron chi connectivity index (χ3n) is 3.58. The third kappa shape index (κ3) is 5.46. The number of halogens is 3. The second kappa shape index (κ2) is 9.38. The summed E-state index contributed by atoms with van der Waals surface area (Å²) in [6.07, 6.45) is 5.94. The van der Waals surface area contributed by atoms with Gasteiger partial charge in [0.1, 0.15) is 0 Å². The predicted molar refractivity (Wildman–Crippen MR) is 95.3 cm³/mol.